The SMILES string of the molecule is c1ccc(-c2nc(-c3ccccc3)nc(-c3ccc4c(c3)oc3c4ccc4c5cccc(-n6c7ccccc7c7ccccc76)c5n(-c5ccccc5)c43)n2)cc1. The summed E-state index contributed by atoms with van der Waals surface area (Å²) in [5.74, 6) is 1.83. The van der Waals surface area contributed by atoms with Crippen LogP contribution >= 0.6 is 0 Å². The summed E-state index contributed by atoms with van der Waals surface area (Å²) in [5.41, 5.74) is 11.0. The molecule has 0 aliphatic heterocycles. The van der Waals surface area contributed by atoms with Crippen molar-refractivity contribution in [1.29, 1.82) is 0 Å². The topological polar surface area (TPSA) is 61.7 Å². The molecule has 8 aromatic carbocycles. The Balaban J connectivity index is 1.13. The minimum Gasteiger partial charge on any atom is -0.454 e. The molecule has 0 aliphatic rings. The molecule has 0 atom stereocenters. The van der Waals surface area contributed by atoms with E-state index in [4.69, 9.17) is 19.4 Å². The molecule has 12 aromatic rings. The number of hydrogen-bond acceptors (Lipinski definition) is 4. The van der Waals surface area contributed by atoms with E-state index in [1.54, 1.807) is 0 Å². The van der Waals surface area contributed by atoms with Crippen molar-refractivity contribution in [3.05, 3.63) is 188 Å². The van der Waals surface area contributed by atoms with E-state index in [9.17, 15) is 0 Å². The highest BCUT2D eigenvalue weighted by atomic mass is 16.3. The molecule has 0 radical (unpaired) electrons. The fraction of sp³-hybridized carbons (Fsp3) is 0. The Kier molecular flexibility index (Phi) is 6.83. The van der Waals surface area contributed by atoms with Crippen molar-refractivity contribution in [2.75, 3.05) is 0 Å². The lowest BCUT2D eigenvalue weighted by molar-refractivity contribution is 0.671. The van der Waals surface area contributed by atoms with Crippen molar-refractivity contribution in [3.8, 4) is 45.5 Å². The highest BCUT2D eigenvalue weighted by molar-refractivity contribution is 6.23. The van der Waals surface area contributed by atoms with Crippen LogP contribution in [0.1, 0.15) is 0 Å². The summed E-state index contributed by atoms with van der Waals surface area (Å²) >= 11 is 0. The highest BCUT2D eigenvalue weighted by Crippen LogP contribution is 2.44. The molecule has 6 nitrogen and oxygen atoms in total. The van der Waals surface area contributed by atoms with Crippen LogP contribution in [0.3, 0.4) is 0 Å². The predicted octanol–water partition coefficient (Wildman–Crippen LogP) is 13.0. The second-order valence-electron chi connectivity index (χ2n) is 14.4. The van der Waals surface area contributed by atoms with Crippen LogP contribution in [0.2, 0.25) is 0 Å². The van der Waals surface area contributed by atoms with Crippen LogP contribution in [0, 0.1) is 0 Å². The fourth-order valence-electron chi connectivity index (χ4n) is 8.64. The first kappa shape index (κ1) is 31.5. The Morgan fingerprint density at radius 1 is 0.351 bits per heavy atom. The molecule has 4 heterocycles. The molecule has 0 bridgehead atoms. The summed E-state index contributed by atoms with van der Waals surface area (Å²) < 4.78 is 11.8. The molecule has 0 saturated carbocycles. The molecular weight excluding hydrogens is 699 g/mol. The Bertz CT molecular complexity index is 3400. The van der Waals surface area contributed by atoms with Crippen LogP contribution in [0.4, 0.5) is 0 Å². The molecule has 0 amide bonds. The summed E-state index contributed by atoms with van der Waals surface area (Å²) in [4.78, 5) is 14.9. The third-order valence-corrected chi connectivity index (χ3v) is 11.2. The van der Waals surface area contributed by atoms with Gasteiger partial charge in [-0.15, -0.1) is 0 Å². The van der Waals surface area contributed by atoms with Crippen LogP contribution in [0.5, 0.6) is 0 Å². The number of rotatable bonds is 5. The number of nitrogens with zero attached hydrogens (tertiary/aromatic N) is 5. The minimum atomic E-state index is 0.587. The van der Waals surface area contributed by atoms with E-state index in [-0.39, 0.29) is 0 Å². The molecule has 266 valence electrons. The normalized spacial score (nSPS) is 11.9. The Morgan fingerprint density at radius 3 is 1.51 bits per heavy atom. The lowest BCUT2D eigenvalue weighted by atomic mass is 10.1. The van der Waals surface area contributed by atoms with Crippen molar-refractivity contribution in [2.45, 2.75) is 0 Å². The Hall–Kier alpha value is -7.83. The standard InChI is InChI=1S/C51H31N5O/c1-4-15-32(16-5-1)49-52-50(33-17-6-2-7-18-33)54-51(53-49)34-27-28-38-41-30-29-40-39-23-14-26-44(56-42-24-12-10-21-36(42)37-22-11-13-25-43(37)56)46(39)55(35-19-8-3-9-20-35)47(40)48(41)57-45(38)31-34/h1-31H. The van der Waals surface area contributed by atoms with Crippen LogP contribution < -0.4 is 0 Å². The quantitative estimate of drug-likeness (QED) is 0.177. The Morgan fingerprint density at radius 2 is 0.860 bits per heavy atom. The summed E-state index contributed by atoms with van der Waals surface area (Å²) in [5, 5.41) is 6.82. The number of furan rings is 1. The van der Waals surface area contributed by atoms with Gasteiger partial charge in [-0.05, 0) is 48.5 Å². The van der Waals surface area contributed by atoms with Crippen molar-refractivity contribution >= 4 is 65.6 Å². The number of hydrogen-bond donors (Lipinski definition) is 0. The monoisotopic (exact) mass is 729 g/mol. The average Bonchev–Trinajstić information content (AvgIpc) is 3.95. The molecule has 4 aromatic heterocycles. The van der Waals surface area contributed by atoms with E-state index in [2.05, 4.69) is 137 Å². The first-order chi connectivity index (χ1) is 28.3. The number of fused-ring (bicyclic) bond motifs is 10. The van der Waals surface area contributed by atoms with Gasteiger partial charge in [-0.1, -0.05) is 140 Å². The second kappa shape index (κ2) is 12.3. The zero-order valence-electron chi connectivity index (χ0n) is 30.5. The first-order valence-corrected chi connectivity index (χ1v) is 19.1. The third-order valence-electron chi connectivity index (χ3n) is 11.2. The minimum absolute atomic E-state index is 0.587. The fourth-order valence-corrected chi connectivity index (χ4v) is 8.64. The molecule has 0 N–H and O–H groups in total. The van der Waals surface area contributed by atoms with Gasteiger partial charge in [0.15, 0.2) is 23.1 Å². The molecule has 0 unspecified atom stereocenters. The summed E-state index contributed by atoms with van der Waals surface area (Å²) in [6, 6.07) is 65.5. The maximum atomic E-state index is 7.02. The molecule has 0 spiro atoms. The first-order valence-electron chi connectivity index (χ1n) is 19.1. The van der Waals surface area contributed by atoms with Gasteiger partial charge in [0.05, 0.1) is 27.8 Å². The van der Waals surface area contributed by atoms with Crippen molar-refractivity contribution in [1.82, 2.24) is 24.1 Å². The molecule has 6 heteroatoms. The lowest BCUT2D eigenvalue weighted by Gasteiger charge is -2.14. The number of para-hydroxylation sites is 4. The second-order valence-corrected chi connectivity index (χ2v) is 14.4. The Labute approximate surface area is 326 Å². The van der Waals surface area contributed by atoms with Crippen LogP contribution in [0.15, 0.2) is 192 Å². The molecule has 0 fully saturated rings. The molecule has 0 aliphatic carbocycles. The zero-order chi connectivity index (χ0) is 37.5. The van der Waals surface area contributed by atoms with Gasteiger partial charge in [0.1, 0.15) is 5.58 Å². The lowest BCUT2D eigenvalue weighted by Crippen LogP contribution is -2.00. The molecular formula is C51H31N5O. The average molecular weight is 730 g/mol. The van der Waals surface area contributed by atoms with E-state index in [1.807, 2.05) is 60.7 Å². The van der Waals surface area contributed by atoms with Gasteiger partial charge in [0.25, 0.3) is 0 Å². The van der Waals surface area contributed by atoms with Crippen molar-refractivity contribution < 1.29 is 4.42 Å². The van der Waals surface area contributed by atoms with Gasteiger partial charge in [-0.25, -0.2) is 15.0 Å². The number of aromatic nitrogens is 5. The van der Waals surface area contributed by atoms with E-state index in [1.165, 1.54) is 21.8 Å². The van der Waals surface area contributed by atoms with Gasteiger partial charge in [-0.2, -0.15) is 0 Å². The van der Waals surface area contributed by atoms with E-state index in [0.717, 1.165) is 71.8 Å². The summed E-state index contributed by atoms with van der Waals surface area (Å²) in [6.45, 7) is 0. The van der Waals surface area contributed by atoms with E-state index < -0.39 is 0 Å². The predicted molar refractivity (Wildman–Crippen MR) is 232 cm³/mol. The van der Waals surface area contributed by atoms with Crippen LogP contribution in [-0.4, -0.2) is 24.1 Å². The summed E-state index contributed by atoms with van der Waals surface area (Å²) in [6.07, 6.45) is 0. The molecule has 12 rings (SSSR count). The zero-order valence-corrected chi connectivity index (χ0v) is 30.5. The number of benzene rings is 8. The van der Waals surface area contributed by atoms with Gasteiger partial charge < -0.3 is 13.6 Å². The van der Waals surface area contributed by atoms with Gasteiger partial charge in [0.2, 0.25) is 0 Å². The third kappa shape index (κ3) is 4.81. The van der Waals surface area contributed by atoms with Crippen molar-refractivity contribution in [3.63, 3.8) is 0 Å². The molecule has 0 saturated heterocycles. The van der Waals surface area contributed by atoms with Crippen LogP contribution in [0.25, 0.3) is 111 Å². The smallest absolute Gasteiger partial charge is 0.164 e. The van der Waals surface area contributed by atoms with Gasteiger partial charge in [0, 0.05) is 54.7 Å². The maximum Gasteiger partial charge on any atom is 0.164 e. The summed E-state index contributed by atoms with van der Waals surface area (Å²) in [7, 11) is 0. The van der Waals surface area contributed by atoms with Gasteiger partial charge >= 0.3 is 0 Å². The van der Waals surface area contributed by atoms with E-state index in [0.29, 0.717) is 17.5 Å². The molecule has 57 heavy (non-hydrogen) atoms. The highest BCUT2D eigenvalue weighted by Gasteiger charge is 2.23. The maximum absolute atomic E-state index is 7.02. The largest absolute Gasteiger partial charge is 0.454 e. The van der Waals surface area contributed by atoms with Crippen molar-refractivity contribution in [2.24, 2.45) is 0 Å². The van der Waals surface area contributed by atoms with E-state index >= 15 is 0 Å². The van der Waals surface area contributed by atoms with Crippen LogP contribution in [-0.2, 0) is 0 Å². The van der Waals surface area contributed by atoms with Gasteiger partial charge in [-0.3, -0.25) is 0 Å².